The van der Waals surface area contributed by atoms with Crippen molar-refractivity contribution in [2.75, 3.05) is 40.3 Å². The summed E-state index contributed by atoms with van der Waals surface area (Å²) >= 11 is 0. The molecule has 2 aromatic carbocycles. The van der Waals surface area contributed by atoms with Crippen molar-refractivity contribution in [3.8, 4) is 11.1 Å². The normalized spacial score (nSPS) is 22.7. The van der Waals surface area contributed by atoms with Crippen LogP contribution in [-0.4, -0.2) is 88.1 Å². The number of rotatable bonds is 6. The van der Waals surface area contributed by atoms with Gasteiger partial charge in [0, 0.05) is 68.7 Å². The Hall–Kier alpha value is -3.13. The van der Waals surface area contributed by atoms with Crippen molar-refractivity contribution in [3.63, 3.8) is 0 Å². The number of carbonyl (C=O) groups excluding carboxylic acids is 1. The maximum atomic E-state index is 12.2. The maximum Gasteiger partial charge on any atom is 0.253 e. The van der Waals surface area contributed by atoms with E-state index in [9.17, 15) is 9.90 Å². The molecule has 0 radical (unpaired) electrons. The molecule has 3 heterocycles. The first-order chi connectivity index (χ1) is 17.5. The van der Waals surface area contributed by atoms with E-state index in [1.54, 1.807) is 25.3 Å². The average molecular weight is 486 g/mol. The highest BCUT2D eigenvalue weighted by molar-refractivity contribution is 5.94. The molecule has 7 nitrogen and oxygen atoms in total. The summed E-state index contributed by atoms with van der Waals surface area (Å²) < 4.78 is 0. The number of benzene rings is 2. The Balaban J connectivity index is 1.33. The van der Waals surface area contributed by atoms with Gasteiger partial charge in [-0.05, 0) is 54.8 Å². The standard InChI is InChI=1S/C29H35N5O2/c1-32(2)29(36)25-11-7-23(8-12-25)22-5-9-24(10-6-22)28-26-18-33(17-21-15-30-20-31-16-21)13-3-4-14-34(26)27(28)19-35/h5-12,15-16,20,26-28,35H,3-4,13-14,17-19H2,1-2H3/t26-,27-,28+/m0/s1. The molecule has 36 heavy (non-hydrogen) atoms. The van der Waals surface area contributed by atoms with Crippen LogP contribution in [0.4, 0.5) is 0 Å². The molecule has 0 bridgehead atoms. The van der Waals surface area contributed by atoms with Crippen LogP contribution in [0.5, 0.6) is 0 Å². The van der Waals surface area contributed by atoms with Crippen LogP contribution in [0.15, 0.2) is 67.3 Å². The predicted octanol–water partition coefficient (Wildman–Crippen LogP) is 3.27. The lowest BCUT2D eigenvalue weighted by Crippen LogP contribution is -2.67. The Morgan fingerprint density at radius 2 is 1.61 bits per heavy atom. The lowest BCUT2D eigenvalue weighted by molar-refractivity contribution is -0.0655. The Bertz CT molecular complexity index is 1150. The molecule has 1 amide bonds. The second kappa shape index (κ2) is 10.9. The van der Waals surface area contributed by atoms with Crippen LogP contribution in [0.2, 0.25) is 0 Å². The van der Waals surface area contributed by atoms with Crippen LogP contribution in [-0.2, 0) is 6.54 Å². The fourth-order valence-electron chi connectivity index (χ4n) is 5.79. The van der Waals surface area contributed by atoms with Crippen molar-refractivity contribution in [2.45, 2.75) is 37.4 Å². The molecule has 1 aromatic heterocycles. The molecule has 0 spiro atoms. The van der Waals surface area contributed by atoms with Crippen LogP contribution in [0.3, 0.4) is 0 Å². The SMILES string of the molecule is CN(C)C(=O)c1ccc(-c2ccc([C@H]3[C@H](CO)N4CCCCN(Cc5cncnc5)C[C@@H]34)cc2)cc1. The van der Waals surface area contributed by atoms with E-state index in [2.05, 4.69) is 44.0 Å². The molecule has 7 heteroatoms. The minimum atomic E-state index is 0.00881. The molecule has 2 saturated heterocycles. The molecule has 3 atom stereocenters. The summed E-state index contributed by atoms with van der Waals surface area (Å²) in [5, 5.41) is 10.3. The molecule has 2 aliphatic heterocycles. The Morgan fingerprint density at radius 1 is 0.972 bits per heavy atom. The smallest absolute Gasteiger partial charge is 0.253 e. The van der Waals surface area contributed by atoms with Gasteiger partial charge in [0.15, 0.2) is 0 Å². The third-order valence-electron chi connectivity index (χ3n) is 7.64. The molecule has 5 rings (SSSR count). The van der Waals surface area contributed by atoms with Gasteiger partial charge in [-0.3, -0.25) is 14.6 Å². The predicted molar refractivity (Wildman–Crippen MR) is 141 cm³/mol. The van der Waals surface area contributed by atoms with E-state index in [-0.39, 0.29) is 18.6 Å². The van der Waals surface area contributed by atoms with Crippen molar-refractivity contribution in [1.82, 2.24) is 24.7 Å². The van der Waals surface area contributed by atoms with Crippen LogP contribution in [0.25, 0.3) is 11.1 Å². The fraction of sp³-hybridized carbons (Fsp3) is 0.414. The van der Waals surface area contributed by atoms with Gasteiger partial charge in [-0.1, -0.05) is 36.4 Å². The van der Waals surface area contributed by atoms with Crippen molar-refractivity contribution >= 4 is 5.91 Å². The van der Waals surface area contributed by atoms with Crippen molar-refractivity contribution in [2.24, 2.45) is 0 Å². The van der Waals surface area contributed by atoms with Gasteiger partial charge in [0.1, 0.15) is 6.33 Å². The number of fused-ring (bicyclic) bond motifs is 1. The summed E-state index contributed by atoms with van der Waals surface area (Å²) in [6.07, 6.45) is 7.69. The van der Waals surface area contributed by atoms with Crippen LogP contribution in [0, 0.1) is 0 Å². The molecule has 2 fully saturated rings. The highest BCUT2D eigenvalue weighted by Gasteiger charge is 2.49. The summed E-state index contributed by atoms with van der Waals surface area (Å²) in [6, 6.07) is 17.1. The van der Waals surface area contributed by atoms with E-state index in [0.717, 1.165) is 55.7 Å². The van der Waals surface area contributed by atoms with Crippen molar-refractivity contribution in [1.29, 1.82) is 0 Å². The zero-order valence-corrected chi connectivity index (χ0v) is 21.1. The number of aliphatic hydroxyl groups excluding tert-OH is 1. The van der Waals surface area contributed by atoms with Gasteiger partial charge in [0.2, 0.25) is 0 Å². The largest absolute Gasteiger partial charge is 0.395 e. The van der Waals surface area contributed by atoms with Crippen LogP contribution < -0.4 is 0 Å². The first kappa shape index (κ1) is 24.6. The number of carbonyl (C=O) groups is 1. The second-order valence-electron chi connectivity index (χ2n) is 10.2. The molecule has 1 N–H and O–H groups in total. The van der Waals surface area contributed by atoms with E-state index >= 15 is 0 Å². The highest BCUT2D eigenvalue weighted by atomic mass is 16.3. The minimum Gasteiger partial charge on any atom is -0.395 e. The molecule has 0 aliphatic carbocycles. The second-order valence-corrected chi connectivity index (χ2v) is 10.2. The van der Waals surface area contributed by atoms with Crippen molar-refractivity contribution < 1.29 is 9.90 Å². The number of nitrogens with zero attached hydrogens (tertiary/aromatic N) is 5. The number of hydrogen-bond acceptors (Lipinski definition) is 6. The van der Waals surface area contributed by atoms with E-state index in [0.29, 0.717) is 17.5 Å². The molecule has 2 aliphatic rings. The lowest BCUT2D eigenvalue weighted by atomic mass is 9.74. The summed E-state index contributed by atoms with van der Waals surface area (Å²) in [6.45, 7) is 4.12. The monoisotopic (exact) mass is 485 g/mol. The lowest BCUT2D eigenvalue weighted by Gasteiger charge is -2.57. The van der Waals surface area contributed by atoms with Crippen LogP contribution >= 0.6 is 0 Å². The van der Waals surface area contributed by atoms with Gasteiger partial charge in [-0.25, -0.2) is 9.97 Å². The quantitative estimate of drug-likeness (QED) is 0.578. The number of hydrogen-bond donors (Lipinski definition) is 1. The zero-order valence-electron chi connectivity index (χ0n) is 21.1. The molecule has 3 aromatic rings. The number of amides is 1. The number of aromatic nitrogens is 2. The summed E-state index contributed by atoms with van der Waals surface area (Å²) in [5.74, 6) is 0.311. The molecule has 0 saturated carbocycles. The summed E-state index contributed by atoms with van der Waals surface area (Å²) in [5.41, 5.74) is 5.33. The van der Waals surface area contributed by atoms with Gasteiger partial charge in [-0.2, -0.15) is 0 Å². The first-order valence-electron chi connectivity index (χ1n) is 12.8. The van der Waals surface area contributed by atoms with Crippen molar-refractivity contribution in [3.05, 3.63) is 83.9 Å². The molecule has 0 unspecified atom stereocenters. The van der Waals surface area contributed by atoms with Gasteiger partial charge in [0.25, 0.3) is 5.91 Å². The Labute approximate surface area is 213 Å². The third-order valence-corrected chi connectivity index (χ3v) is 7.64. The maximum absolute atomic E-state index is 12.2. The third kappa shape index (κ3) is 5.05. The molecular formula is C29H35N5O2. The van der Waals surface area contributed by atoms with Gasteiger partial charge < -0.3 is 10.0 Å². The molecule has 188 valence electrons. The summed E-state index contributed by atoms with van der Waals surface area (Å²) in [7, 11) is 3.53. The van der Waals surface area contributed by atoms with Crippen LogP contribution in [0.1, 0.15) is 40.2 Å². The van der Waals surface area contributed by atoms with Gasteiger partial charge >= 0.3 is 0 Å². The first-order valence-corrected chi connectivity index (χ1v) is 12.8. The average Bonchev–Trinajstić information content (AvgIpc) is 2.89. The molecular weight excluding hydrogens is 450 g/mol. The van der Waals surface area contributed by atoms with Gasteiger partial charge in [-0.15, -0.1) is 0 Å². The van der Waals surface area contributed by atoms with E-state index in [4.69, 9.17) is 0 Å². The van der Waals surface area contributed by atoms with E-state index in [1.165, 1.54) is 5.56 Å². The van der Waals surface area contributed by atoms with Gasteiger partial charge in [0.05, 0.1) is 6.61 Å². The minimum absolute atomic E-state index is 0.00881. The number of aliphatic hydroxyl groups is 1. The zero-order chi connectivity index (χ0) is 25.1. The summed E-state index contributed by atoms with van der Waals surface area (Å²) in [4.78, 5) is 27.2. The fourth-order valence-corrected chi connectivity index (χ4v) is 5.79. The Kier molecular flexibility index (Phi) is 7.41. The Morgan fingerprint density at radius 3 is 2.25 bits per heavy atom. The topological polar surface area (TPSA) is 72.8 Å². The van der Waals surface area contributed by atoms with E-state index < -0.39 is 0 Å². The highest BCUT2D eigenvalue weighted by Crippen LogP contribution is 2.42. The van der Waals surface area contributed by atoms with E-state index in [1.807, 2.05) is 36.7 Å².